The van der Waals surface area contributed by atoms with E-state index in [1.54, 1.807) is 0 Å². The molecule has 0 radical (unpaired) electrons. The summed E-state index contributed by atoms with van der Waals surface area (Å²) in [6, 6.07) is 12.8. The van der Waals surface area contributed by atoms with Crippen molar-refractivity contribution in [1.82, 2.24) is 0 Å². The summed E-state index contributed by atoms with van der Waals surface area (Å²) in [5.74, 6) is -0.598. The fourth-order valence-electron chi connectivity index (χ4n) is 2.19. The highest BCUT2D eigenvalue weighted by molar-refractivity contribution is 5.92. The van der Waals surface area contributed by atoms with Crippen LogP contribution in [0.25, 0.3) is 0 Å². The summed E-state index contributed by atoms with van der Waals surface area (Å²) < 4.78 is 23.2. The number of hydrogen-bond acceptors (Lipinski definition) is 4. The third-order valence-corrected chi connectivity index (χ3v) is 3.36. The molecule has 0 spiro atoms. The SMILES string of the molecule is CCOc1ccccc1CCC(=O)OCC(=O)Nc1ccc(F)cc1. The molecule has 0 fully saturated rings. The highest BCUT2D eigenvalue weighted by Gasteiger charge is 2.10. The molecular formula is C19H20FNO4. The number of carbonyl (C=O) groups excluding carboxylic acids is 2. The summed E-state index contributed by atoms with van der Waals surface area (Å²) >= 11 is 0. The van der Waals surface area contributed by atoms with Crippen LogP contribution in [0.1, 0.15) is 18.9 Å². The predicted octanol–water partition coefficient (Wildman–Crippen LogP) is 3.34. The van der Waals surface area contributed by atoms with E-state index in [4.69, 9.17) is 9.47 Å². The first-order chi connectivity index (χ1) is 12.1. The molecule has 0 atom stereocenters. The van der Waals surface area contributed by atoms with Crippen LogP contribution in [0.15, 0.2) is 48.5 Å². The van der Waals surface area contributed by atoms with Crippen LogP contribution < -0.4 is 10.1 Å². The van der Waals surface area contributed by atoms with Gasteiger partial charge in [-0.05, 0) is 49.2 Å². The maximum Gasteiger partial charge on any atom is 0.306 e. The summed E-state index contributed by atoms with van der Waals surface area (Å²) in [4.78, 5) is 23.5. The summed E-state index contributed by atoms with van der Waals surface area (Å²) in [5, 5.41) is 2.52. The molecule has 0 saturated heterocycles. The van der Waals surface area contributed by atoms with Gasteiger partial charge in [0.25, 0.3) is 5.91 Å². The van der Waals surface area contributed by atoms with Gasteiger partial charge in [0, 0.05) is 12.1 Å². The van der Waals surface area contributed by atoms with Crippen molar-refractivity contribution in [3.8, 4) is 5.75 Å². The normalized spacial score (nSPS) is 10.2. The third kappa shape index (κ3) is 6.25. The first-order valence-electron chi connectivity index (χ1n) is 8.00. The maximum absolute atomic E-state index is 12.8. The number of carbonyl (C=O) groups is 2. The molecule has 0 aliphatic rings. The number of para-hydroxylation sites is 1. The lowest BCUT2D eigenvalue weighted by atomic mass is 10.1. The first kappa shape index (κ1) is 18.4. The van der Waals surface area contributed by atoms with Crippen molar-refractivity contribution in [2.75, 3.05) is 18.5 Å². The number of amides is 1. The number of nitrogens with one attached hydrogen (secondary N) is 1. The van der Waals surface area contributed by atoms with E-state index in [-0.39, 0.29) is 13.0 Å². The van der Waals surface area contributed by atoms with Crippen molar-refractivity contribution < 1.29 is 23.5 Å². The van der Waals surface area contributed by atoms with E-state index in [9.17, 15) is 14.0 Å². The molecule has 5 nitrogen and oxygen atoms in total. The molecule has 0 heterocycles. The molecule has 2 aromatic carbocycles. The second kappa shape index (κ2) is 9.42. The van der Waals surface area contributed by atoms with E-state index >= 15 is 0 Å². The fourth-order valence-corrected chi connectivity index (χ4v) is 2.19. The first-order valence-corrected chi connectivity index (χ1v) is 8.00. The van der Waals surface area contributed by atoms with Crippen molar-refractivity contribution in [2.24, 2.45) is 0 Å². The number of hydrogen-bond donors (Lipinski definition) is 1. The Morgan fingerprint density at radius 3 is 2.52 bits per heavy atom. The van der Waals surface area contributed by atoms with Crippen molar-refractivity contribution in [3.63, 3.8) is 0 Å². The summed E-state index contributed by atoms with van der Waals surface area (Å²) in [5.41, 5.74) is 1.35. The minimum atomic E-state index is -0.477. The molecule has 6 heteroatoms. The zero-order valence-corrected chi connectivity index (χ0v) is 14.0. The second-order valence-electron chi connectivity index (χ2n) is 5.26. The van der Waals surface area contributed by atoms with E-state index in [1.807, 2.05) is 31.2 Å². The Morgan fingerprint density at radius 2 is 1.80 bits per heavy atom. The van der Waals surface area contributed by atoms with Gasteiger partial charge < -0.3 is 14.8 Å². The molecule has 0 aliphatic carbocycles. The van der Waals surface area contributed by atoms with Gasteiger partial charge in [-0.2, -0.15) is 0 Å². The molecule has 1 amide bonds. The Morgan fingerprint density at radius 1 is 1.08 bits per heavy atom. The molecule has 2 rings (SSSR count). The molecule has 132 valence electrons. The van der Waals surface area contributed by atoms with Crippen LogP contribution >= 0.6 is 0 Å². The Bertz CT molecular complexity index is 716. The summed E-state index contributed by atoms with van der Waals surface area (Å²) in [7, 11) is 0. The van der Waals surface area contributed by atoms with Crippen LogP contribution in [0, 0.1) is 5.82 Å². The highest BCUT2D eigenvalue weighted by atomic mass is 19.1. The van der Waals surface area contributed by atoms with E-state index in [2.05, 4.69) is 5.32 Å². The lowest BCUT2D eigenvalue weighted by Crippen LogP contribution is -2.21. The monoisotopic (exact) mass is 345 g/mol. The zero-order chi connectivity index (χ0) is 18.1. The van der Waals surface area contributed by atoms with Gasteiger partial charge in [0.1, 0.15) is 11.6 Å². The van der Waals surface area contributed by atoms with Crippen molar-refractivity contribution in [2.45, 2.75) is 19.8 Å². The molecule has 1 N–H and O–H groups in total. The minimum Gasteiger partial charge on any atom is -0.494 e. The number of aryl methyl sites for hydroxylation is 1. The van der Waals surface area contributed by atoms with Crippen molar-refractivity contribution >= 4 is 17.6 Å². The number of anilines is 1. The van der Waals surface area contributed by atoms with E-state index in [0.717, 1.165) is 11.3 Å². The standard InChI is InChI=1S/C19H20FNO4/c1-2-24-17-6-4-3-5-14(17)7-12-19(23)25-13-18(22)21-16-10-8-15(20)9-11-16/h3-6,8-11H,2,7,12-13H2,1H3,(H,21,22). The van der Waals surface area contributed by atoms with Crippen LogP contribution in [-0.4, -0.2) is 25.1 Å². The van der Waals surface area contributed by atoms with Gasteiger partial charge in [-0.3, -0.25) is 9.59 Å². The fraction of sp³-hybridized carbons (Fsp3) is 0.263. The van der Waals surface area contributed by atoms with Gasteiger partial charge in [0.05, 0.1) is 6.61 Å². The van der Waals surface area contributed by atoms with Gasteiger partial charge in [-0.15, -0.1) is 0 Å². The van der Waals surface area contributed by atoms with Crippen molar-refractivity contribution in [1.29, 1.82) is 0 Å². The summed E-state index contributed by atoms with van der Waals surface area (Å²) in [6.45, 7) is 2.05. The number of rotatable bonds is 8. The van der Waals surface area contributed by atoms with Crippen LogP contribution in [0.3, 0.4) is 0 Å². The highest BCUT2D eigenvalue weighted by Crippen LogP contribution is 2.19. The van der Waals surface area contributed by atoms with Gasteiger partial charge in [0.15, 0.2) is 6.61 Å². The van der Waals surface area contributed by atoms with Crippen LogP contribution in [0.2, 0.25) is 0 Å². The maximum atomic E-state index is 12.8. The number of benzene rings is 2. The molecule has 0 unspecified atom stereocenters. The molecular weight excluding hydrogens is 325 g/mol. The Balaban J connectivity index is 1.75. The zero-order valence-electron chi connectivity index (χ0n) is 14.0. The Hall–Kier alpha value is -2.89. The van der Waals surface area contributed by atoms with Crippen LogP contribution in [0.5, 0.6) is 5.75 Å². The predicted molar refractivity (Wildman–Crippen MR) is 91.9 cm³/mol. The van der Waals surface area contributed by atoms with Gasteiger partial charge >= 0.3 is 5.97 Å². The van der Waals surface area contributed by atoms with Gasteiger partial charge in [-0.25, -0.2) is 4.39 Å². The van der Waals surface area contributed by atoms with Crippen LogP contribution in [0.4, 0.5) is 10.1 Å². The summed E-state index contributed by atoms with van der Waals surface area (Å²) in [6.07, 6.45) is 0.614. The smallest absolute Gasteiger partial charge is 0.306 e. The molecule has 0 saturated carbocycles. The second-order valence-corrected chi connectivity index (χ2v) is 5.26. The molecule has 0 aliphatic heterocycles. The van der Waals surface area contributed by atoms with Crippen molar-refractivity contribution in [3.05, 3.63) is 59.9 Å². The van der Waals surface area contributed by atoms with Gasteiger partial charge in [-0.1, -0.05) is 18.2 Å². The third-order valence-electron chi connectivity index (χ3n) is 3.36. The minimum absolute atomic E-state index is 0.147. The van der Waals surface area contributed by atoms with E-state index in [0.29, 0.717) is 18.7 Å². The quantitative estimate of drug-likeness (QED) is 0.745. The lowest BCUT2D eigenvalue weighted by Gasteiger charge is -2.10. The molecule has 0 aromatic heterocycles. The average Bonchev–Trinajstić information content (AvgIpc) is 2.61. The molecule has 0 bridgehead atoms. The largest absolute Gasteiger partial charge is 0.494 e. The van der Waals surface area contributed by atoms with Crippen LogP contribution in [-0.2, 0) is 20.7 Å². The number of ether oxygens (including phenoxy) is 2. The average molecular weight is 345 g/mol. The number of esters is 1. The molecule has 2 aromatic rings. The lowest BCUT2D eigenvalue weighted by molar-refractivity contribution is -0.147. The molecule has 25 heavy (non-hydrogen) atoms. The Kier molecular flexibility index (Phi) is 6.95. The topological polar surface area (TPSA) is 64.6 Å². The Labute approximate surface area is 145 Å². The van der Waals surface area contributed by atoms with Gasteiger partial charge in [0.2, 0.25) is 0 Å². The van der Waals surface area contributed by atoms with E-state index in [1.165, 1.54) is 24.3 Å². The van der Waals surface area contributed by atoms with E-state index < -0.39 is 17.7 Å². The number of halogens is 1.